The molecule has 1 aromatic carbocycles. The molecule has 0 aliphatic heterocycles. The van der Waals surface area contributed by atoms with Gasteiger partial charge in [-0.3, -0.25) is 9.59 Å². The molecule has 0 spiro atoms. The van der Waals surface area contributed by atoms with Crippen LogP contribution in [0.15, 0.2) is 18.2 Å². The molecule has 5 heteroatoms. The first kappa shape index (κ1) is 11.0. The molecule has 0 aromatic heterocycles. The van der Waals surface area contributed by atoms with Crippen LogP contribution in [0.5, 0.6) is 5.75 Å². The van der Waals surface area contributed by atoms with Gasteiger partial charge < -0.3 is 16.2 Å². The minimum absolute atomic E-state index is 0.126. The largest absolute Gasteiger partial charge is 0.508 e. The van der Waals surface area contributed by atoms with Crippen molar-refractivity contribution in [3.63, 3.8) is 0 Å². The lowest BCUT2D eigenvalue weighted by atomic mass is 10.1. The third-order valence-electron chi connectivity index (χ3n) is 1.88. The molecule has 5 nitrogen and oxygen atoms in total. The highest BCUT2D eigenvalue weighted by Gasteiger charge is 2.07. The first-order chi connectivity index (χ1) is 7.00. The predicted octanol–water partition coefficient (Wildman–Crippen LogP) is -0.0843. The number of aryl methyl sites for hydroxylation is 1. The summed E-state index contributed by atoms with van der Waals surface area (Å²) >= 11 is 0. The van der Waals surface area contributed by atoms with Crippen molar-refractivity contribution in [2.75, 3.05) is 6.54 Å². The van der Waals surface area contributed by atoms with Gasteiger partial charge in [-0.15, -0.1) is 0 Å². The number of amides is 2. The third kappa shape index (κ3) is 2.98. The van der Waals surface area contributed by atoms with Crippen LogP contribution in [-0.4, -0.2) is 23.5 Å². The Kier molecular flexibility index (Phi) is 3.28. The van der Waals surface area contributed by atoms with Gasteiger partial charge in [-0.2, -0.15) is 0 Å². The average molecular weight is 208 g/mol. The second kappa shape index (κ2) is 4.45. The number of hydrogen-bond donors (Lipinski definition) is 3. The summed E-state index contributed by atoms with van der Waals surface area (Å²) in [5.74, 6) is -0.864. The zero-order chi connectivity index (χ0) is 11.4. The van der Waals surface area contributed by atoms with Gasteiger partial charge in [-0.1, -0.05) is 0 Å². The number of carbonyl (C=O) groups is 2. The van der Waals surface area contributed by atoms with E-state index in [0.29, 0.717) is 11.1 Å². The third-order valence-corrected chi connectivity index (χ3v) is 1.88. The monoisotopic (exact) mass is 208 g/mol. The number of nitrogens with two attached hydrogens (primary N) is 1. The van der Waals surface area contributed by atoms with Gasteiger partial charge in [0.15, 0.2) is 0 Å². The summed E-state index contributed by atoms with van der Waals surface area (Å²) in [4.78, 5) is 21.8. The minimum atomic E-state index is -0.598. The summed E-state index contributed by atoms with van der Waals surface area (Å²) < 4.78 is 0. The summed E-state index contributed by atoms with van der Waals surface area (Å²) in [5.41, 5.74) is 5.86. The van der Waals surface area contributed by atoms with E-state index in [9.17, 15) is 14.7 Å². The number of aromatic hydroxyl groups is 1. The van der Waals surface area contributed by atoms with Crippen LogP contribution in [0.25, 0.3) is 0 Å². The van der Waals surface area contributed by atoms with Gasteiger partial charge >= 0.3 is 0 Å². The van der Waals surface area contributed by atoms with Gasteiger partial charge in [-0.25, -0.2) is 0 Å². The van der Waals surface area contributed by atoms with E-state index in [1.165, 1.54) is 18.2 Å². The number of primary amides is 1. The minimum Gasteiger partial charge on any atom is -0.508 e. The van der Waals surface area contributed by atoms with E-state index in [0.717, 1.165) is 0 Å². The number of phenolic OH excluding ortho intramolecular Hbond substituents is 1. The summed E-state index contributed by atoms with van der Waals surface area (Å²) in [6, 6.07) is 4.43. The molecule has 0 saturated carbocycles. The van der Waals surface area contributed by atoms with E-state index in [4.69, 9.17) is 5.73 Å². The van der Waals surface area contributed by atoms with E-state index < -0.39 is 11.8 Å². The summed E-state index contributed by atoms with van der Waals surface area (Å²) in [7, 11) is 0. The molecule has 0 saturated heterocycles. The molecular formula is C10H12N2O3. The van der Waals surface area contributed by atoms with E-state index in [2.05, 4.69) is 5.32 Å². The summed E-state index contributed by atoms with van der Waals surface area (Å²) in [5, 5.41) is 11.6. The van der Waals surface area contributed by atoms with Crippen molar-refractivity contribution in [3.05, 3.63) is 29.3 Å². The maximum Gasteiger partial charge on any atom is 0.251 e. The van der Waals surface area contributed by atoms with Crippen molar-refractivity contribution in [1.29, 1.82) is 0 Å². The highest BCUT2D eigenvalue weighted by atomic mass is 16.3. The van der Waals surface area contributed by atoms with Crippen LogP contribution in [0.4, 0.5) is 0 Å². The van der Waals surface area contributed by atoms with E-state index in [1.54, 1.807) is 6.92 Å². The molecule has 80 valence electrons. The molecule has 4 N–H and O–H groups in total. The Balaban J connectivity index is 2.74. The van der Waals surface area contributed by atoms with E-state index >= 15 is 0 Å². The van der Waals surface area contributed by atoms with Crippen LogP contribution in [-0.2, 0) is 4.79 Å². The lowest BCUT2D eigenvalue weighted by Gasteiger charge is -2.04. The Bertz CT molecular complexity index is 402. The fraction of sp³-hybridized carbons (Fsp3) is 0.200. The fourth-order valence-electron chi connectivity index (χ4n) is 1.07. The molecule has 0 heterocycles. The van der Waals surface area contributed by atoms with Crippen molar-refractivity contribution >= 4 is 11.8 Å². The second-order valence-corrected chi connectivity index (χ2v) is 3.15. The molecule has 0 fully saturated rings. The Morgan fingerprint density at radius 2 is 2.13 bits per heavy atom. The first-order valence-electron chi connectivity index (χ1n) is 4.37. The lowest BCUT2D eigenvalue weighted by Crippen LogP contribution is -2.33. The molecular weight excluding hydrogens is 196 g/mol. The topological polar surface area (TPSA) is 92.4 Å². The normalized spacial score (nSPS) is 9.67. The maximum atomic E-state index is 11.4. The van der Waals surface area contributed by atoms with Crippen LogP contribution in [0.3, 0.4) is 0 Å². The molecule has 15 heavy (non-hydrogen) atoms. The Morgan fingerprint density at radius 3 is 2.67 bits per heavy atom. The van der Waals surface area contributed by atoms with Gasteiger partial charge in [0.25, 0.3) is 5.91 Å². The molecule has 0 aliphatic carbocycles. The molecule has 2 amide bonds. The summed E-state index contributed by atoms with van der Waals surface area (Å²) in [6.45, 7) is 1.49. The first-order valence-corrected chi connectivity index (χ1v) is 4.37. The van der Waals surface area contributed by atoms with Crippen LogP contribution in [0.2, 0.25) is 0 Å². The van der Waals surface area contributed by atoms with E-state index in [-0.39, 0.29) is 12.3 Å². The van der Waals surface area contributed by atoms with Crippen LogP contribution < -0.4 is 11.1 Å². The molecule has 0 bridgehead atoms. The molecule has 1 rings (SSSR count). The Labute approximate surface area is 86.9 Å². The van der Waals surface area contributed by atoms with Gasteiger partial charge in [0.1, 0.15) is 5.75 Å². The SMILES string of the molecule is Cc1cc(C(=O)NCC(N)=O)ccc1O. The molecule has 0 atom stereocenters. The van der Waals surface area contributed by atoms with Gasteiger partial charge in [0, 0.05) is 5.56 Å². The van der Waals surface area contributed by atoms with Gasteiger partial charge in [0.05, 0.1) is 6.54 Å². The number of nitrogens with one attached hydrogen (secondary N) is 1. The highest BCUT2D eigenvalue weighted by Crippen LogP contribution is 2.16. The Hall–Kier alpha value is -2.04. The van der Waals surface area contributed by atoms with Crippen molar-refractivity contribution in [1.82, 2.24) is 5.32 Å². The van der Waals surface area contributed by atoms with Crippen molar-refractivity contribution in [3.8, 4) is 5.75 Å². The van der Waals surface area contributed by atoms with Crippen LogP contribution >= 0.6 is 0 Å². The van der Waals surface area contributed by atoms with Crippen LogP contribution in [0.1, 0.15) is 15.9 Å². The number of hydrogen-bond acceptors (Lipinski definition) is 3. The zero-order valence-corrected chi connectivity index (χ0v) is 8.28. The lowest BCUT2D eigenvalue weighted by molar-refractivity contribution is -0.117. The molecule has 0 unspecified atom stereocenters. The predicted molar refractivity (Wildman–Crippen MR) is 54.4 cm³/mol. The quantitative estimate of drug-likeness (QED) is 0.648. The molecule has 1 aromatic rings. The Morgan fingerprint density at radius 1 is 1.47 bits per heavy atom. The van der Waals surface area contributed by atoms with Crippen molar-refractivity contribution in [2.45, 2.75) is 6.92 Å². The molecule has 0 radical (unpaired) electrons. The molecule has 0 aliphatic rings. The smallest absolute Gasteiger partial charge is 0.251 e. The van der Waals surface area contributed by atoms with Gasteiger partial charge in [-0.05, 0) is 30.7 Å². The number of carbonyl (C=O) groups excluding carboxylic acids is 2. The van der Waals surface area contributed by atoms with Gasteiger partial charge in [0.2, 0.25) is 5.91 Å². The second-order valence-electron chi connectivity index (χ2n) is 3.15. The summed E-state index contributed by atoms with van der Waals surface area (Å²) in [6.07, 6.45) is 0. The number of benzene rings is 1. The zero-order valence-electron chi connectivity index (χ0n) is 8.28. The standard InChI is InChI=1S/C10H12N2O3/c1-6-4-7(2-3-8(6)13)10(15)12-5-9(11)14/h2-4,13H,5H2,1H3,(H2,11,14)(H,12,15). The highest BCUT2D eigenvalue weighted by molar-refractivity contribution is 5.96. The number of phenols is 1. The fourth-order valence-corrected chi connectivity index (χ4v) is 1.07. The van der Waals surface area contributed by atoms with Crippen molar-refractivity contribution < 1.29 is 14.7 Å². The number of rotatable bonds is 3. The van der Waals surface area contributed by atoms with E-state index in [1.807, 2.05) is 0 Å². The average Bonchev–Trinajstić information content (AvgIpc) is 2.18. The maximum absolute atomic E-state index is 11.4. The van der Waals surface area contributed by atoms with Crippen LogP contribution in [0, 0.1) is 6.92 Å². The van der Waals surface area contributed by atoms with Crippen molar-refractivity contribution in [2.24, 2.45) is 5.73 Å².